The second-order valence-corrected chi connectivity index (χ2v) is 11.2. The van der Waals surface area contributed by atoms with E-state index >= 15 is 0 Å². The average molecular weight is 481 g/mol. The summed E-state index contributed by atoms with van der Waals surface area (Å²) in [7, 11) is -3.41. The van der Waals surface area contributed by atoms with E-state index in [-0.39, 0.29) is 42.6 Å². The minimum atomic E-state index is -3.41. The maximum atomic E-state index is 14.2. The van der Waals surface area contributed by atoms with Gasteiger partial charge in [0.05, 0.1) is 31.6 Å². The van der Waals surface area contributed by atoms with Crippen molar-refractivity contribution in [3.05, 3.63) is 35.7 Å². The number of carbonyl (C=O) groups is 1. The molecule has 9 heteroatoms. The van der Waals surface area contributed by atoms with E-state index < -0.39 is 10.0 Å². The lowest BCUT2D eigenvalue weighted by atomic mass is 9.92. The van der Waals surface area contributed by atoms with Crippen molar-refractivity contribution >= 4 is 21.5 Å². The first-order valence-corrected chi connectivity index (χ1v) is 13.6. The molecule has 1 aromatic carbocycles. The summed E-state index contributed by atoms with van der Waals surface area (Å²) < 4.78 is 52.7. The lowest BCUT2D eigenvalue weighted by Crippen LogP contribution is -2.50. The van der Waals surface area contributed by atoms with Crippen molar-refractivity contribution in [2.24, 2.45) is 0 Å². The summed E-state index contributed by atoms with van der Waals surface area (Å²) in [4.78, 5) is 14.9. The molecule has 1 N–H and O–H groups in total. The molecular formula is C24H33FN2O5S. The molecule has 4 atom stereocenters. The van der Waals surface area contributed by atoms with Crippen molar-refractivity contribution in [1.29, 1.82) is 0 Å². The molecule has 0 spiro atoms. The van der Waals surface area contributed by atoms with Gasteiger partial charge in [0.15, 0.2) is 0 Å². The lowest BCUT2D eigenvalue weighted by molar-refractivity contribution is -0.136. The van der Waals surface area contributed by atoms with Gasteiger partial charge in [-0.25, -0.2) is 17.5 Å². The molecule has 0 aromatic heterocycles. The molecule has 1 saturated heterocycles. The average Bonchev–Trinajstić information content (AvgIpc) is 3.04. The molecule has 33 heavy (non-hydrogen) atoms. The molecule has 1 unspecified atom stereocenters. The molecule has 5 rings (SSSR count). The van der Waals surface area contributed by atoms with Crippen LogP contribution in [-0.2, 0) is 19.6 Å². The highest BCUT2D eigenvalue weighted by atomic mass is 32.2. The number of carbonyl (C=O) groups excluding carboxylic acids is 1. The van der Waals surface area contributed by atoms with Crippen LogP contribution in [0.2, 0.25) is 0 Å². The summed E-state index contributed by atoms with van der Waals surface area (Å²) in [5, 5.41) is 0. The van der Waals surface area contributed by atoms with Crippen molar-refractivity contribution < 1.29 is 27.1 Å². The lowest BCUT2D eigenvalue weighted by Gasteiger charge is -2.32. The Labute approximate surface area is 195 Å². The summed E-state index contributed by atoms with van der Waals surface area (Å²) in [6.07, 6.45) is 7.62. The Bertz CT molecular complexity index is 1010. The number of hydrogen-bond acceptors (Lipinski definition) is 5. The fourth-order valence-electron chi connectivity index (χ4n) is 5.17. The summed E-state index contributed by atoms with van der Waals surface area (Å²) in [5.74, 6) is 0.175. The smallest absolute Gasteiger partial charge is 0.223 e. The molecule has 3 heterocycles. The molecule has 1 aliphatic carbocycles. The topological polar surface area (TPSA) is 84.9 Å². The number of benzene rings is 1. The maximum absolute atomic E-state index is 14.2. The molecule has 1 fully saturated rings. The third kappa shape index (κ3) is 6.13. The number of allylic oxidation sites excluding steroid dienone is 1. The molecule has 4 aliphatic rings. The van der Waals surface area contributed by atoms with Gasteiger partial charge in [-0.15, -0.1) is 0 Å². The van der Waals surface area contributed by atoms with Gasteiger partial charge in [0, 0.05) is 24.6 Å². The monoisotopic (exact) mass is 480 g/mol. The predicted octanol–water partition coefficient (Wildman–Crippen LogP) is 3.25. The van der Waals surface area contributed by atoms with Crippen molar-refractivity contribution in [1.82, 2.24) is 9.62 Å². The quantitative estimate of drug-likeness (QED) is 0.703. The number of nitrogens with zero attached hydrogens (tertiary/aromatic N) is 1. The number of ether oxygens (including phenoxy) is 2. The zero-order valence-corrected chi connectivity index (χ0v) is 20.1. The number of fused-ring (bicyclic) bond motifs is 8. The van der Waals surface area contributed by atoms with Crippen LogP contribution in [0.5, 0.6) is 5.75 Å². The van der Waals surface area contributed by atoms with E-state index in [1.807, 2.05) is 17.9 Å². The first-order chi connectivity index (χ1) is 15.7. The van der Waals surface area contributed by atoms with Gasteiger partial charge in [0.1, 0.15) is 11.6 Å². The molecule has 1 aromatic rings. The fourth-order valence-corrected chi connectivity index (χ4v) is 5.98. The van der Waals surface area contributed by atoms with Gasteiger partial charge < -0.3 is 14.4 Å². The molecule has 0 radical (unpaired) electrons. The maximum Gasteiger partial charge on any atom is 0.223 e. The van der Waals surface area contributed by atoms with Crippen LogP contribution in [0.4, 0.5) is 4.39 Å². The van der Waals surface area contributed by atoms with Crippen LogP contribution in [0, 0.1) is 5.82 Å². The molecule has 7 nitrogen and oxygen atoms in total. The Balaban J connectivity index is 1.56. The second kappa shape index (κ2) is 10.1. The molecule has 182 valence electrons. The van der Waals surface area contributed by atoms with Crippen molar-refractivity contribution in [2.75, 3.05) is 19.5 Å². The Hall–Kier alpha value is -1.97. The summed E-state index contributed by atoms with van der Waals surface area (Å²) in [5.41, 5.74) is 1.91. The number of sulfonamides is 1. The first-order valence-electron chi connectivity index (χ1n) is 11.7. The highest BCUT2D eigenvalue weighted by Crippen LogP contribution is 2.33. The van der Waals surface area contributed by atoms with Crippen LogP contribution < -0.4 is 9.46 Å². The van der Waals surface area contributed by atoms with Crippen LogP contribution in [0.25, 0.3) is 5.57 Å². The van der Waals surface area contributed by atoms with Crippen LogP contribution in [0.3, 0.4) is 0 Å². The molecular weight excluding hydrogens is 447 g/mol. The third-order valence-corrected chi connectivity index (χ3v) is 7.44. The van der Waals surface area contributed by atoms with Crippen LogP contribution in [-0.4, -0.2) is 62.9 Å². The number of hydrogen-bond donors (Lipinski definition) is 1. The highest BCUT2D eigenvalue weighted by Gasteiger charge is 2.43. The number of rotatable bonds is 2. The van der Waals surface area contributed by atoms with E-state index in [2.05, 4.69) is 10.8 Å². The van der Waals surface area contributed by atoms with Crippen LogP contribution in [0.15, 0.2) is 24.3 Å². The standard InChI is InChI=1S/C24H33FN2O5S/c1-16-11-22(26-33(2,29)30)23-15-32-20-8-6-17(7-9-20)18-12-19(25)14-21(13-18)31-10-4-3-5-24(28)27(16)23/h6,12-14,16,20,22-23,26H,3-5,7-11,15H2,1-2H3/t16-,20?,22+,23+/m1/s1. The zero-order valence-electron chi connectivity index (χ0n) is 19.3. The van der Waals surface area contributed by atoms with E-state index in [4.69, 9.17) is 9.47 Å². The molecule has 4 bridgehead atoms. The van der Waals surface area contributed by atoms with Crippen molar-refractivity contribution in [3.8, 4) is 5.75 Å². The Morgan fingerprint density at radius 2 is 2.00 bits per heavy atom. The van der Waals surface area contributed by atoms with Crippen LogP contribution >= 0.6 is 0 Å². The molecule has 1 amide bonds. The van der Waals surface area contributed by atoms with Gasteiger partial charge >= 0.3 is 0 Å². The largest absolute Gasteiger partial charge is 0.493 e. The Morgan fingerprint density at radius 3 is 2.73 bits per heavy atom. The minimum absolute atomic E-state index is 0.00270. The normalized spacial score (nSPS) is 29.2. The van der Waals surface area contributed by atoms with Crippen molar-refractivity contribution in [3.63, 3.8) is 0 Å². The van der Waals surface area contributed by atoms with Gasteiger partial charge in [-0.05, 0) is 68.7 Å². The zero-order chi connectivity index (χ0) is 23.6. The van der Waals surface area contributed by atoms with E-state index in [0.29, 0.717) is 44.5 Å². The highest BCUT2D eigenvalue weighted by molar-refractivity contribution is 7.88. The summed E-state index contributed by atoms with van der Waals surface area (Å²) in [6, 6.07) is 4.01. The second-order valence-electron chi connectivity index (χ2n) is 9.39. The van der Waals surface area contributed by atoms with Gasteiger partial charge in [0.25, 0.3) is 0 Å². The number of halogens is 1. The predicted molar refractivity (Wildman–Crippen MR) is 124 cm³/mol. The van der Waals surface area contributed by atoms with Crippen molar-refractivity contribution in [2.45, 2.75) is 76.1 Å². The van der Waals surface area contributed by atoms with Crippen LogP contribution in [0.1, 0.15) is 57.4 Å². The third-order valence-electron chi connectivity index (χ3n) is 6.71. The first kappa shape index (κ1) is 24.2. The number of nitrogens with one attached hydrogen (secondary N) is 1. The number of amides is 1. The van der Waals surface area contributed by atoms with Gasteiger partial charge in [-0.2, -0.15) is 0 Å². The minimum Gasteiger partial charge on any atom is -0.493 e. The van der Waals surface area contributed by atoms with E-state index in [9.17, 15) is 17.6 Å². The summed E-state index contributed by atoms with van der Waals surface area (Å²) >= 11 is 0. The van der Waals surface area contributed by atoms with E-state index in [0.717, 1.165) is 30.2 Å². The SMILES string of the molecule is C[C@@H]1C[C@H](NS(C)(=O)=O)[C@@H]2COC3CC=C(CC3)c3cc(F)cc(c3)OCCCCC(=O)N12. The summed E-state index contributed by atoms with van der Waals surface area (Å²) in [6.45, 7) is 2.64. The van der Waals surface area contributed by atoms with E-state index in [1.54, 1.807) is 0 Å². The van der Waals surface area contributed by atoms with Gasteiger partial charge in [0.2, 0.25) is 15.9 Å². The Morgan fingerprint density at radius 1 is 1.18 bits per heavy atom. The van der Waals surface area contributed by atoms with E-state index in [1.165, 1.54) is 12.1 Å². The van der Waals surface area contributed by atoms with Gasteiger partial charge in [-0.1, -0.05) is 6.08 Å². The Kier molecular flexibility index (Phi) is 7.40. The molecule has 3 aliphatic heterocycles. The molecule has 0 saturated carbocycles. The van der Waals surface area contributed by atoms with Gasteiger partial charge in [-0.3, -0.25) is 4.79 Å². The fraction of sp³-hybridized carbons (Fsp3) is 0.625.